The minimum Gasteiger partial charge on any atom is -0.394 e. The summed E-state index contributed by atoms with van der Waals surface area (Å²) in [7, 11) is 0. The number of ether oxygens (including phenoxy) is 1. The number of carbonyl (C=O) groups excluding carboxylic acids is 1. The van der Waals surface area contributed by atoms with Crippen LogP contribution >= 0.6 is 0 Å². The van der Waals surface area contributed by atoms with Crippen molar-refractivity contribution in [3.63, 3.8) is 0 Å². The summed E-state index contributed by atoms with van der Waals surface area (Å²) in [5.41, 5.74) is -0.395. The summed E-state index contributed by atoms with van der Waals surface area (Å²) >= 11 is 0. The molecule has 1 heterocycles. The lowest BCUT2D eigenvalue weighted by atomic mass is 9.81. The van der Waals surface area contributed by atoms with Crippen LogP contribution in [0.4, 0.5) is 0 Å². The summed E-state index contributed by atoms with van der Waals surface area (Å²) in [6, 6.07) is 0. The summed E-state index contributed by atoms with van der Waals surface area (Å²) in [4.78, 5) is 11.8. The van der Waals surface area contributed by atoms with Crippen molar-refractivity contribution in [1.29, 1.82) is 0 Å². The van der Waals surface area contributed by atoms with Crippen LogP contribution in [0, 0.1) is 5.41 Å². The number of carbonyl (C=O) groups is 1. The molecule has 1 aliphatic rings. The van der Waals surface area contributed by atoms with Crippen LogP contribution in [0.5, 0.6) is 0 Å². The van der Waals surface area contributed by atoms with Gasteiger partial charge < -0.3 is 20.3 Å². The molecule has 0 aromatic rings. The van der Waals surface area contributed by atoms with Crippen molar-refractivity contribution in [1.82, 2.24) is 5.32 Å². The van der Waals surface area contributed by atoms with E-state index in [0.29, 0.717) is 26.1 Å². The Kier molecular flexibility index (Phi) is 8.12. The van der Waals surface area contributed by atoms with E-state index in [-0.39, 0.29) is 19.1 Å². The molecule has 0 radical (unpaired) electrons. The molecule has 102 valence electrons. The lowest BCUT2D eigenvalue weighted by molar-refractivity contribution is -0.135. The Balaban J connectivity index is 0.00000121. The molecule has 5 nitrogen and oxygen atoms in total. The zero-order valence-electron chi connectivity index (χ0n) is 11.0. The fourth-order valence-electron chi connectivity index (χ4n) is 1.54. The highest BCUT2D eigenvalue weighted by Crippen LogP contribution is 2.29. The average Bonchev–Trinajstić information content (AvgIpc) is 2.38. The normalized spacial score (nSPS) is 19.8. The summed E-state index contributed by atoms with van der Waals surface area (Å²) in [5, 5.41) is 20.3. The number of hydrogen-bond donors (Lipinski definition) is 3. The van der Waals surface area contributed by atoms with Crippen molar-refractivity contribution >= 4 is 5.91 Å². The van der Waals surface area contributed by atoms with E-state index >= 15 is 0 Å². The van der Waals surface area contributed by atoms with E-state index in [4.69, 9.17) is 14.9 Å². The van der Waals surface area contributed by atoms with Gasteiger partial charge in [0, 0.05) is 19.8 Å². The number of amides is 1. The van der Waals surface area contributed by atoms with Gasteiger partial charge in [-0.3, -0.25) is 4.79 Å². The first-order chi connectivity index (χ1) is 8.08. The van der Waals surface area contributed by atoms with Crippen LogP contribution in [0.15, 0.2) is 0 Å². The molecule has 0 aromatic heterocycles. The smallest absolute Gasteiger partial charge is 0.226 e. The predicted molar refractivity (Wildman–Crippen MR) is 65.6 cm³/mol. The van der Waals surface area contributed by atoms with Crippen molar-refractivity contribution < 1.29 is 19.7 Å². The van der Waals surface area contributed by atoms with Gasteiger partial charge in [0.2, 0.25) is 5.91 Å². The van der Waals surface area contributed by atoms with Crippen molar-refractivity contribution in [3.05, 3.63) is 0 Å². The fraction of sp³-hybridized carbons (Fsp3) is 0.917. The highest BCUT2D eigenvalue weighted by molar-refractivity contribution is 5.82. The third-order valence-corrected chi connectivity index (χ3v) is 2.85. The van der Waals surface area contributed by atoms with Crippen LogP contribution in [0.25, 0.3) is 0 Å². The minimum absolute atomic E-state index is 0.0710. The lowest BCUT2D eigenvalue weighted by Gasteiger charge is -2.32. The predicted octanol–water partition coefficient (Wildman–Crippen LogP) is 0.299. The Morgan fingerprint density at radius 1 is 1.41 bits per heavy atom. The Morgan fingerprint density at radius 2 is 1.94 bits per heavy atom. The second kappa shape index (κ2) is 8.44. The van der Waals surface area contributed by atoms with Gasteiger partial charge in [-0.25, -0.2) is 0 Å². The highest BCUT2D eigenvalue weighted by atomic mass is 16.5. The molecule has 1 amide bonds. The maximum Gasteiger partial charge on any atom is 0.226 e. The summed E-state index contributed by atoms with van der Waals surface area (Å²) in [6.45, 7) is 6.88. The van der Waals surface area contributed by atoms with Crippen LogP contribution in [0.3, 0.4) is 0 Å². The number of aliphatic hydroxyl groups excluding tert-OH is 2. The molecule has 1 fully saturated rings. The van der Waals surface area contributed by atoms with E-state index in [1.54, 1.807) is 0 Å². The van der Waals surface area contributed by atoms with Gasteiger partial charge in [-0.1, -0.05) is 20.8 Å². The van der Waals surface area contributed by atoms with Crippen molar-refractivity contribution in [3.8, 4) is 0 Å². The van der Waals surface area contributed by atoms with E-state index in [9.17, 15) is 4.79 Å². The molecule has 5 heteroatoms. The Bertz CT molecular complexity index is 215. The molecule has 1 aliphatic heterocycles. The molecule has 0 aliphatic carbocycles. The first-order valence-electron chi connectivity index (χ1n) is 6.23. The van der Waals surface area contributed by atoms with Gasteiger partial charge in [0.1, 0.15) is 0 Å². The first kappa shape index (κ1) is 16.4. The second-order valence-corrected chi connectivity index (χ2v) is 4.22. The van der Waals surface area contributed by atoms with Crippen LogP contribution in [-0.4, -0.2) is 48.6 Å². The Labute approximate surface area is 103 Å². The number of rotatable bonds is 4. The molecule has 3 N–H and O–H groups in total. The molecular weight excluding hydrogens is 222 g/mol. The largest absolute Gasteiger partial charge is 0.394 e. The Hall–Kier alpha value is -0.650. The fourth-order valence-corrected chi connectivity index (χ4v) is 1.54. The quantitative estimate of drug-likeness (QED) is 0.667. The van der Waals surface area contributed by atoms with Gasteiger partial charge in [-0.05, 0) is 12.8 Å². The standard InChI is InChI=1S/C10H19NO4.C2H6/c1-10(2-4-15-5-3-10)9(14)11-6-8(13)7-12;1-2/h8,12-13H,2-7H2,1H3,(H,11,14);1-2H3. The lowest BCUT2D eigenvalue weighted by Crippen LogP contribution is -2.45. The van der Waals surface area contributed by atoms with Crippen molar-refractivity contribution in [2.45, 2.75) is 39.7 Å². The highest BCUT2D eigenvalue weighted by Gasteiger charge is 2.34. The van der Waals surface area contributed by atoms with E-state index in [1.807, 2.05) is 20.8 Å². The number of aliphatic hydroxyl groups is 2. The van der Waals surface area contributed by atoms with Crippen LogP contribution in [0.2, 0.25) is 0 Å². The molecule has 0 aromatic carbocycles. The van der Waals surface area contributed by atoms with Crippen LogP contribution in [0.1, 0.15) is 33.6 Å². The molecular formula is C12H25NO4. The number of nitrogens with one attached hydrogen (secondary N) is 1. The van der Waals surface area contributed by atoms with Gasteiger partial charge >= 0.3 is 0 Å². The van der Waals surface area contributed by atoms with Crippen molar-refractivity contribution in [2.75, 3.05) is 26.4 Å². The van der Waals surface area contributed by atoms with Crippen LogP contribution in [-0.2, 0) is 9.53 Å². The van der Waals surface area contributed by atoms with E-state index in [0.717, 1.165) is 0 Å². The first-order valence-corrected chi connectivity index (χ1v) is 6.23. The van der Waals surface area contributed by atoms with Gasteiger partial charge in [0.25, 0.3) is 0 Å². The zero-order valence-corrected chi connectivity index (χ0v) is 11.0. The summed E-state index contributed by atoms with van der Waals surface area (Å²) in [6.07, 6.45) is 0.527. The van der Waals surface area contributed by atoms with Gasteiger partial charge in [-0.15, -0.1) is 0 Å². The third kappa shape index (κ3) is 5.48. The van der Waals surface area contributed by atoms with Crippen LogP contribution < -0.4 is 5.32 Å². The van der Waals surface area contributed by atoms with Gasteiger partial charge in [0.15, 0.2) is 0 Å². The molecule has 1 rings (SSSR count). The van der Waals surface area contributed by atoms with Gasteiger partial charge in [-0.2, -0.15) is 0 Å². The maximum absolute atomic E-state index is 11.8. The van der Waals surface area contributed by atoms with E-state index in [2.05, 4.69) is 5.32 Å². The van der Waals surface area contributed by atoms with E-state index < -0.39 is 11.5 Å². The molecule has 1 saturated heterocycles. The molecule has 0 spiro atoms. The topological polar surface area (TPSA) is 78.8 Å². The number of hydrogen-bond acceptors (Lipinski definition) is 4. The maximum atomic E-state index is 11.8. The molecule has 17 heavy (non-hydrogen) atoms. The molecule has 1 unspecified atom stereocenters. The van der Waals surface area contributed by atoms with Gasteiger partial charge in [0.05, 0.1) is 18.1 Å². The monoisotopic (exact) mass is 247 g/mol. The average molecular weight is 247 g/mol. The summed E-state index contributed by atoms with van der Waals surface area (Å²) in [5.74, 6) is -0.0710. The molecule has 0 bridgehead atoms. The second-order valence-electron chi connectivity index (χ2n) is 4.22. The van der Waals surface area contributed by atoms with E-state index in [1.165, 1.54) is 0 Å². The third-order valence-electron chi connectivity index (χ3n) is 2.85. The summed E-state index contributed by atoms with van der Waals surface area (Å²) < 4.78 is 5.19. The molecule has 1 atom stereocenters. The zero-order chi connectivity index (χ0) is 13.3. The Morgan fingerprint density at radius 3 is 2.41 bits per heavy atom. The minimum atomic E-state index is -0.877. The molecule has 0 saturated carbocycles. The van der Waals surface area contributed by atoms with Crippen molar-refractivity contribution in [2.24, 2.45) is 5.41 Å². The SMILES string of the molecule is CC.CC1(C(=O)NCC(O)CO)CCOCC1.